The summed E-state index contributed by atoms with van der Waals surface area (Å²) in [5, 5.41) is 1.15. The van der Waals surface area contributed by atoms with Crippen molar-refractivity contribution in [3.05, 3.63) is 50.9 Å². The van der Waals surface area contributed by atoms with Gasteiger partial charge in [0.15, 0.2) is 0 Å². The second-order valence-electron chi connectivity index (χ2n) is 8.11. The van der Waals surface area contributed by atoms with Crippen LogP contribution in [0.25, 0.3) is 10.9 Å². The van der Waals surface area contributed by atoms with Crippen molar-refractivity contribution in [1.29, 1.82) is 0 Å². The van der Waals surface area contributed by atoms with Crippen LogP contribution in [0.5, 0.6) is 0 Å². The lowest BCUT2D eigenvalue weighted by atomic mass is 9.85. The van der Waals surface area contributed by atoms with Gasteiger partial charge >= 0.3 is 0 Å². The van der Waals surface area contributed by atoms with Gasteiger partial charge in [0.1, 0.15) is 17.7 Å². The minimum absolute atomic E-state index is 0.173. The van der Waals surface area contributed by atoms with Crippen LogP contribution in [0.4, 0.5) is 5.82 Å². The predicted octanol–water partition coefficient (Wildman–Crippen LogP) is 5.54. The summed E-state index contributed by atoms with van der Waals surface area (Å²) in [6.45, 7) is 7.08. The lowest BCUT2D eigenvalue weighted by Gasteiger charge is -2.44. The largest absolute Gasteiger partial charge is 0.369 e. The maximum atomic E-state index is 6.36. The monoisotopic (exact) mass is 413 g/mol. The van der Waals surface area contributed by atoms with Crippen LogP contribution in [0.1, 0.15) is 48.6 Å². The maximum Gasteiger partial charge on any atom is 0.139 e. The molecule has 1 spiro atoms. The molecule has 0 amide bonds. The Hall–Kier alpha value is -1.69. The summed E-state index contributed by atoms with van der Waals surface area (Å²) in [6.07, 6.45) is 4.59. The Bertz CT molecular complexity index is 1020. The van der Waals surface area contributed by atoms with Crippen LogP contribution < -0.4 is 4.90 Å². The quantitative estimate of drug-likeness (QED) is 0.553. The molecular weight excluding hydrogens is 390 g/mol. The molecule has 2 aromatic heterocycles. The molecule has 4 nitrogen and oxygen atoms in total. The van der Waals surface area contributed by atoms with E-state index < -0.39 is 0 Å². The number of rotatable bonds is 2. The van der Waals surface area contributed by atoms with E-state index >= 15 is 0 Å². The summed E-state index contributed by atoms with van der Waals surface area (Å²) in [5.74, 6) is 1.53. The minimum Gasteiger partial charge on any atom is -0.369 e. The first-order valence-corrected chi connectivity index (χ1v) is 11.2. The molecular formula is C22H24ClN3OS. The summed E-state index contributed by atoms with van der Waals surface area (Å²) in [7, 11) is 0. The summed E-state index contributed by atoms with van der Waals surface area (Å²) in [4.78, 5) is 12.9. The molecule has 146 valence electrons. The van der Waals surface area contributed by atoms with Crippen LogP contribution in [0.15, 0.2) is 30.6 Å². The Labute approximate surface area is 174 Å². The maximum absolute atomic E-state index is 6.36. The van der Waals surface area contributed by atoms with Crippen LogP contribution in [0, 0.1) is 0 Å². The molecule has 0 unspecified atom stereocenters. The van der Waals surface area contributed by atoms with Gasteiger partial charge in [-0.1, -0.05) is 31.5 Å². The van der Waals surface area contributed by atoms with Crippen molar-refractivity contribution in [1.82, 2.24) is 9.97 Å². The average molecular weight is 414 g/mol. The van der Waals surface area contributed by atoms with Crippen LogP contribution in [-0.2, 0) is 16.8 Å². The highest BCUT2D eigenvalue weighted by Gasteiger charge is 2.42. The topological polar surface area (TPSA) is 38.2 Å². The number of halogens is 1. The molecule has 0 bridgehead atoms. The molecule has 0 radical (unpaired) electrons. The van der Waals surface area contributed by atoms with E-state index in [1.54, 1.807) is 17.7 Å². The van der Waals surface area contributed by atoms with Gasteiger partial charge in [-0.15, -0.1) is 11.3 Å². The molecule has 1 fully saturated rings. The van der Waals surface area contributed by atoms with Gasteiger partial charge in [-0.05, 0) is 54.5 Å². The van der Waals surface area contributed by atoms with E-state index in [9.17, 15) is 0 Å². The minimum atomic E-state index is -0.173. The molecule has 1 saturated heterocycles. The second-order valence-corrected chi connectivity index (χ2v) is 9.80. The lowest BCUT2D eigenvalue weighted by molar-refractivity contribution is -0.0735. The van der Waals surface area contributed by atoms with Gasteiger partial charge in [-0.2, -0.15) is 0 Å². The van der Waals surface area contributed by atoms with Crippen molar-refractivity contribution in [2.24, 2.45) is 0 Å². The van der Waals surface area contributed by atoms with Gasteiger partial charge in [0, 0.05) is 23.4 Å². The Morgan fingerprint density at radius 3 is 2.79 bits per heavy atom. The molecule has 2 aliphatic heterocycles. The summed E-state index contributed by atoms with van der Waals surface area (Å²) >= 11 is 8.02. The first-order chi connectivity index (χ1) is 13.6. The van der Waals surface area contributed by atoms with Crippen LogP contribution in [0.2, 0.25) is 4.34 Å². The van der Waals surface area contributed by atoms with Crippen LogP contribution >= 0.6 is 22.9 Å². The van der Waals surface area contributed by atoms with E-state index in [4.69, 9.17) is 16.3 Å². The first kappa shape index (κ1) is 18.3. The zero-order chi connectivity index (χ0) is 19.3. The number of aromatic nitrogens is 2. The number of ether oxygens (including phenoxy) is 1. The van der Waals surface area contributed by atoms with E-state index in [-0.39, 0.29) is 5.60 Å². The van der Waals surface area contributed by atoms with Crippen LogP contribution in [0.3, 0.4) is 0 Å². The van der Waals surface area contributed by atoms with Gasteiger partial charge in [-0.3, -0.25) is 0 Å². The van der Waals surface area contributed by atoms with Crippen LogP contribution in [-0.4, -0.2) is 29.7 Å². The van der Waals surface area contributed by atoms with Crippen molar-refractivity contribution < 1.29 is 4.74 Å². The number of thiophene rings is 1. The summed E-state index contributed by atoms with van der Waals surface area (Å²) in [6, 6.07) is 8.68. The Morgan fingerprint density at radius 1 is 1.18 bits per heavy atom. The van der Waals surface area contributed by atoms with Crippen molar-refractivity contribution in [2.45, 2.75) is 44.6 Å². The molecule has 5 rings (SSSR count). The first-order valence-electron chi connectivity index (χ1n) is 9.98. The van der Waals surface area contributed by atoms with Crippen molar-refractivity contribution in [3.63, 3.8) is 0 Å². The molecule has 0 atom stereocenters. The average Bonchev–Trinajstić information content (AvgIpc) is 3.10. The molecule has 1 aromatic carbocycles. The van der Waals surface area contributed by atoms with E-state index in [1.165, 1.54) is 16.0 Å². The van der Waals surface area contributed by atoms with Crippen molar-refractivity contribution in [2.75, 3.05) is 24.6 Å². The lowest BCUT2D eigenvalue weighted by Crippen LogP contribution is -2.46. The second kappa shape index (κ2) is 6.97. The van der Waals surface area contributed by atoms with E-state index in [2.05, 4.69) is 53.0 Å². The third kappa shape index (κ3) is 3.00. The third-order valence-electron chi connectivity index (χ3n) is 6.12. The molecule has 3 aromatic rings. The molecule has 0 saturated carbocycles. The van der Waals surface area contributed by atoms with Crippen molar-refractivity contribution >= 4 is 39.7 Å². The third-order valence-corrected chi connectivity index (χ3v) is 7.61. The Kier molecular flexibility index (Phi) is 4.57. The highest BCUT2D eigenvalue weighted by Crippen LogP contribution is 2.47. The Morgan fingerprint density at radius 2 is 2.00 bits per heavy atom. The van der Waals surface area contributed by atoms with Gasteiger partial charge < -0.3 is 9.64 Å². The number of anilines is 1. The zero-order valence-corrected chi connectivity index (χ0v) is 17.8. The molecule has 2 aliphatic rings. The molecule has 0 N–H and O–H groups in total. The fourth-order valence-corrected chi connectivity index (χ4v) is 6.01. The van der Waals surface area contributed by atoms with Gasteiger partial charge in [-0.25, -0.2) is 9.97 Å². The molecule has 28 heavy (non-hydrogen) atoms. The Balaban J connectivity index is 1.46. The summed E-state index contributed by atoms with van der Waals surface area (Å²) < 4.78 is 7.24. The fraction of sp³-hybridized carbons (Fsp3) is 0.455. The normalized spacial score (nSPS) is 18.8. The van der Waals surface area contributed by atoms with E-state index in [0.29, 0.717) is 5.92 Å². The zero-order valence-electron chi connectivity index (χ0n) is 16.2. The number of hydrogen-bond acceptors (Lipinski definition) is 5. The van der Waals surface area contributed by atoms with E-state index in [0.717, 1.165) is 60.0 Å². The van der Waals surface area contributed by atoms with E-state index in [1.807, 2.05) is 0 Å². The number of benzene rings is 1. The number of hydrogen-bond donors (Lipinski definition) is 0. The molecule has 6 heteroatoms. The van der Waals surface area contributed by atoms with Gasteiger partial charge in [0.05, 0.1) is 16.5 Å². The smallest absolute Gasteiger partial charge is 0.139 e. The van der Waals surface area contributed by atoms with Gasteiger partial charge in [0.25, 0.3) is 0 Å². The molecule has 4 heterocycles. The highest BCUT2D eigenvalue weighted by molar-refractivity contribution is 7.16. The number of nitrogens with zero attached hydrogens (tertiary/aromatic N) is 3. The fourth-order valence-electron chi connectivity index (χ4n) is 4.51. The van der Waals surface area contributed by atoms with Crippen molar-refractivity contribution in [3.8, 4) is 0 Å². The molecule has 0 aliphatic carbocycles. The number of piperidine rings is 1. The number of fused-ring (bicyclic) bond motifs is 3. The van der Waals surface area contributed by atoms with Gasteiger partial charge in [0.2, 0.25) is 0 Å². The SMILES string of the molecule is CC(C)c1ccc2ncnc(N3CCC4(CC3)OCCc3cc(Cl)sc34)c2c1. The highest BCUT2D eigenvalue weighted by atomic mass is 35.5. The standard InChI is InChI=1S/C22H24ClN3OS/c1-14(2)15-3-4-18-17(11-15)21(25-13-24-18)26-8-6-22(7-9-26)20-16(5-10-27-22)12-19(23)28-20/h3-4,11-14H,5-10H2,1-2H3. The summed E-state index contributed by atoms with van der Waals surface area (Å²) in [5.41, 5.74) is 3.54. The predicted molar refractivity (Wildman–Crippen MR) is 116 cm³/mol.